The fraction of sp³-hybridized carbons (Fsp3) is 0.727. The van der Waals surface area contributed by atoms with Crippen molar-refractivity contribution in [1.82, 2.24) is 90.0 Å². The molecule has 0 unspecified atom stereocenters. The van der Waals surface area contributed by atoms with Crippen LogP contribution >= 0.6 is 70.6 Å². The molecule has 12 heterocycles. The fourth-order valence-electron chi connectivity index (χ4n) is 14.3. The smallest absolute Gasteiger partial charge is 0.132 e. The molecule has 666 valence electrons. The molecule has 0 saturated carbocycles. The number of aliphatic hydroxyl groups excluding tert-OH is 24. The standard InChI is InChI=1S/C66H96N18O30S6/c85-13-37-43(91)49(97)55(103)61(109-37)115-19-25-1-79(73-67-25)7-31-32(8-80-2-26(68-74-80)20-116-62-56(104)50(98)44(92)38(14-86)110-62)34(10-82-4-28(70-76-82)22-118-64-58(106)52(100)46(94)40(16-88)112-64)36(12-84-6-30(72-78-84)24-120-66-60(108)54(102)48(96)42(18-90)114-66)35(11-83-5-29(71-77-83)23-119-65-59(107)53(101)47(95)41(17-89)113-65)33(31)9-81-3-27(69-75-81)21-117-63-57(105)51(99)45(93)39(15-87)111-63/h1-6,37-66,85-108H,7-24H2/t37-,38-,39-,40-,41-,42-,43-,44-,45-,46-,47-,48-,49+,50+,51+,52+,53+,54+,55+,56+,57+,58+,59+,60+,61-,62-,63-,64-,65-,66-/m1/s1. The van der Waals surface area contributed by atoms with Crippen LogP contribution in [-0.2, 0) is 102 Å². The lowest BCUT2D eigenvalue weighted by Crippen LogP contribution is -2.57. The number of rotatable bonds is 36. The number of benzene rings is 1. The Morgan fingerprint density at radius 1 is 0.208 bits per heavy atom. The quantitative estimate of drug-likeness (QED) is 0.0173. The van der Waals surface area contributed by atoms with E-state index in [9.17, 15) is 123 Å². The zero-order chi connectivity index (χ0) is 85.7. The first-order chi connectivity index (χ1) is 57.6. The highest BCUT2D eigenvalue weighted by Crippen LogP contribution is 2.40. The van der Waals surface area contributed by atoms with E-state index in [-0.39, 0.29) is 108 Å². The van der Waals surface area contributed by atoms with Crippen LogP contribution < -0.4 is 0 Å². The van der Waals surface area contributed by atoms with E-state index in [2.05, 4.69) is 61.9 Å². The minimum absolute atomic E-state index is 0.0445. The van der Waals surface area contributed by atoms with Gasteiger partial charge in [0.15, 0.2) is 0 Å². The van der Waals surface area contributed by atoms with Crippen molar-refractivity contribution in [1.29, 1.82) is 0 Å². The van der Waals surface area contributed by atoms with Crippen molar-refractivity contribution in [3.8, 4) is 0 Å². The van der Waals surface area contributed by atoms with Crippen LogP contribution in [0.1, 0.15) is 67.5 Å². The molecule has 24 N–H and O–H groups in total. The van der Waals surface area contributed by atoms with E-state index >= 15 is 0 Å². The minimum Gasteiger partial charge on any atom is -0.394 e. The van der Waals surface area contributed by atoms with Gasteiger partial charge in [-0.1, -0.05) is 31.3 Å². The SMILES string of the molecule is OC[C@H]1O[C@H](SCc2cn(Cc3c(Cn4cc(CS[C@H]5O[C@H](CO)[C@@H](O)[C@H](O)[C@@H]5O)nn4)c(Cn4cc(CS[C@H]5O[C@H](CO)[C@@H](O)[C@H](O)[C@@H]5O)nn4)c(Cn4cc(CS[C@H]5O[C@H](CO)[C@@H](O)[C@H](O)[C@@H]5O)nn4)c(Cn4cc(CS[C@H]5O[C@H](CO)[C@@H](O)[C@H](O)[C@@H]5O)nn4)c3Cn3cc(CS[C@H]4O[C@H](CO)[C@@H](O)[C@H](O)[C@@H]4O)nn3)nn2)[C@@H](O)[C@@H](O)[C@@H]1O. The van der Waals surface area contributed by atoms with Gasteiger partial charge in [-0.2, -0.15) is 0 Å². The maximum atomic E-state index is 11.1. The van der Waals surface area contributed by atoms with Gasteiger partial charge in [-0.3, -0.25) is 0 Å². The molecule has 6 aliphatic rings. The number of aliphatic hydroxyl groups is 24. The van der Waals surface area contributed by atoms with E-state index in [4.69, 9.17) is 28.4 Å². The summed E-state index contributed by atoms with van der Waals surface area (Å²) in [4.78, 5) is 0. The number of thioether (sulfide) groups is 6. The number of hydrogen-bond acceptors (Lipinski definition) is 48. The Labute approximate surface area is 705 Å². The monoisotopic (exact) mass is 1810 g/mol. The Morgan fingerprint density at radius 3 is 0.467 bits per heavy atom. The van der Waals surface area contributed by atoms with Crippen molar-refractivity contribution < 1.29 is 151 Å². The van der Waals surface area contributed by atoms with E-state index in [1.807, 2.05) is 0 Å². The van der Waals surface area contributed by atoms with Crippen LogP contribution in [0.15, 0.2) is 37.2 Å². The summed E-state index contributed by atoms with van der Waals surface area (Å²) in [6, 6.07) is 0. The normalized spacial score (nSPS) is 35.1. The van der Waals surface area contributed by atoms with E-state index in [1.54, 1.807) is 37.2 Å². The topological polar surface area (TPSA) is 725 Å². The number of nitrogens with zero attached hydrogens (tertiary/aromatic N) is 18. The lowest BCUT2D eigenvalue weighted by atomic mass is 9.85. The van der Waals surface area contributed by atoms with Crippen LogP contribution in [-0.4, -0.2) is 431 Å². The largest absolute Gasteiger partial charge is 0.394 e. The first-order valence-corrected chi connectivity index (χ1v) is 43.9. The number of hydrogen-bond donors (Lipinski definition) is 24. The van der Waals surface area contributed by atoms with Crippen LogP contribution in [0.5, 0.6) is 0 Å². The molecule has 0 radical (unpaired) electrons. The Kier molecular flexibility index (Phi) is 32.1. The molecule has 0 spiro atoms. The van der Waals surface area contributed by atoms with Crippen molar-refractivity contribution in [2.75, 3.05) is 39.6 Å². The maximum absolute atomic E-state index is 11.1. The van der Waals surface area contributed by atoms with Gasteiger partial charge >= 0.3 is 0 Å². The van der Waals surface area contributed by atoms with Gasteiger partial charge in [-0.05, 0) is 33.4 Å². The zero-order valence-electron chi connectivity index (χ0n) is 63.2. The average molecular weight is 1810 g/mol. The summed E-state index contributed by atoms with van der Waals surface area (Å²) in [6.45, 7) is -5.56. The summed E-state index contributed by atoms with van der Waals surface area (Å²) < 4.78 is 43.8. The number of aromatic nitrogens is 18. The van der Waals surface area contributed by atoms with Gasteiger partial charge < -0.3 is 151 Å². The molecule has 30 atom stereocenters. The Balaban J connectivity index is 0.973. The fourth-order valence-corrected chi connectivity index (χ4v) is 20.6. The molecular formula is C66H96N18O30S6. The molecule has 0 bridgehead atoms. The van der Waals surface area contributed by atoms with Crippen molar-refractivity contribution in [2.45, 2.75) is 253 Å². The Bertz CT molecular complexity index is 3690. The summed E-state index contributed by atoms with van der Waals surface area (Å²) >= 11 is 5.88. The van der Waals surface area contributed by atoms with Gasteiger partial charge in [0.2, 0.25) is 0 Å². The summed E-state index contributed by atoms with van der Waals surface area (Å²) in [6.07, 6.45) is -27.8. The van der Waals surface area contributed by atoms with E-state index in [0.29, 0.717) is 33.4 Å². The molecular weight excluding hydrogens is 1720 g/mol. The predicted molar refractivity (Wildman–Crippen MR) is 412 cm³/mol. The van der Waals surface area contributed by atoms with Gasteiger partial charge in [-0.15, -0.1) is 101 Å². The summed E-state index contributed by atoms with van der Waals surface area (Å²) in [5, 5.41) is 310. The molecule has 0 amide bonds. The van der Waals surface area contributed by atoms with Crippen LogP contribution in [0, 0.1) is 0 Å². The summed E-state index contributed by atoms with van der Waals surface area (Å²) in [7, 11) is 0. The molecule has 0 aliphatic carbocycles. The van der Waals surface area contributed by atoms with Gasteiger partial charge in [0.05, 0.1) is 113 Å². The Hall–Kier alpha value is -5.04. The predicted octanol–water partition coefficient (Wildman–Crippen LogP) is -12.3. The highest BCUT2D eigenvalue weighted by molar-refractivity contribution is 8.00. The third-order valence-corrected chi connectivity index (χ3v) is 28.2. The highest BCUT2D eigenvalue weighted by atomic mass is 32.2. The maximum Gasteiger partial charge on any atom is 0.132 e. The van der Waals surface area contributed by atoms with Crippen LogP contribution in [0.3, 0.4) is 0 Å². The lowest BCUT2D eigenvalue weighted by molar-refractivity contribution is -0.205. The van der Waals surface area contributed by atoms with Gasteiger partial charge in [0.25, 0.3) is 0 Å². The molecule has 48 nitrogen and oxygen atoms in total. The molecule has 6 aromatic heterocycles. The second-order valence-electron chi connectivity index (χ2n) is 29.4. The summed E-state index contributed by atoms with van der Waals surface area (Å²) in [5.74, 6) is -0.267. The van der Waals surface area contributed by atoms with E-state index in [0.717, 1.165) is 70.6 Å². The second-order valence-corrected chi connectivity index (χ2v) is 35.9. The third-order valence-electron chi connectivity index (χ3n) is 21.1. The van der Waals surface area contributed by atoms with Crippen molar-refractivity contribution in [3.05, 3.63) is 105 Å². The lowest BCUT2D eigenvalue weighted by Gasteiger charge is -2.39. The molecule has 7 aromatic rings. The minimum atomic E-state index is -1.70. The molecule has 6 saturated heterocycles. The Morgan fingerprint density at radius 2 is 0.342 bits per heavy atom. The van der Waals surface area contributed by atoms with Crippen molar-refractivity contribution in [3.63, 3.8) is 0 Å². The van der Waals surface area contributed by atoms with Crippen molar-refractivity contribution in [2.24, 2.45) is 0 Å². The first-order valence-electron chi connectivity index (χ1n) is 37.6. The van der Waals surface area contributed by atoms with Crippen LogP contribution in [0.2, 0.25) is 0 Å². The average Bonchev–Trinajstić information content (AvgIpc) is 1.26. The summed E-state index contributed by atoms with van der Waals surface area (Å²) in [5.41, 5.74) is -2.89. The van der Waals surface area contributed by atoms with Crippen LogP contribution in [0.4, 0.5) is 0 Å². The van der Waals surface area contributed by atoms with Crippen molar-refractivity contribution >= 4 is 70.6 Å². The number of ether oxygens (including phenoxy) is 6. The molecule has 13 rings (SSSR count). The molecule has 6 fully saturated rings. The molecule has 1 aromatic carbocycles. The zero-order valence-corrected chi connectivity index (χ0v) is 68.1. The van der Waals surface area contributed by atoms with Crippen LogP contribution in [0.25, 0.3) is 0 Å². The van der Waals surface area contributed by atoms with Gasteiger partial charge in [-0.25, -0.2) is 28.1 Å². The second kappa shape index (κ2) is 41.6. The van der Waals surface area contributed by atoms with E-state index in [1.165, 1.54) is 28.1 Å². The molecule has 120 heavy (non-hydrogen) atoms. The molecule has 6 aliphatic heterocycles. The highest BCUT2D eigenvalue weighted by Gasteiger charge is 2.50. The first kappa shape index (κ1) is 92.6. The molecule has 54 heteroatoms. The van der Waals surface area contributed by atoms with E-state index < -0.39 is 219 Å². The third kappa shape index (κ3) is 21.1. The van der Waals surface area contributed by atoms with Gasteiger partial charge in [0, 0.05) is 71.7 Å². The van der Waals surface area contributed by atoms with Gasteiger partial charge in [0.1, 0.15) is 179 Å².